The molecule has 2 aromatic carbocycles. The van der Waals surface area contributed by atoms with Gasteiger partial charge in [-0.15, -0.1) is 0 Å². The molecule has 0 aliphatic carbocycles. The Morgan fingerprint density at radius 1 is 1.30 bits per heavy atom. The number of carbonyl (C=O) groups excluding carboxylic acids is 1. The summed E-state index contributed by atoms with van der Waals surface area (Å²) in [7, 11) is 1.62. The summed E-state index contributed by atoms with van der Waals surface area (Å²) >= 11 is 3.43. The Balaban J connectivity index is 1.67. The minimum atomic E-state index is -0.0964. The van der Waals surface area contributed by atoms with Gasteiger partial charge in [0.25, 0.3) is 0 Å². The summed E-state index contributed by atoms with van der Waals surface area (Å²) in [6.07, 6.45) is 1.76. The molecule has 0 bridgehead atoms. The molecule has 0 radical (unpaired) electrons. The van der Waals surface area contributed by atoms with Crippen LogP contribution in [0.2, 0.25) is 0 Å². The molecule has 23 heavy (non-hydrogen) atoms. The summed E-state index contributed by atoms with van der Waals surface area (Å²) < 4.78 is 7.95. The minimum absolute atomic E-state index is 0.0964. The molecule has 0 unspecified atom stereocenters. The second-order valence-corrected chi connectivity index (χ2v) is 6.01. The van der Waals surface area contributed by atoms with Gasteiger partial charge in [0.2, 0.25) is 5.91 Å². The zero-order valence-electron chi connectivity index (χ0n) is 12.6. The van der Waals surface area contributed by atoms with Crippen LogP contribution in [-0.2, 0) is 17.9 Å². The van der Waals surface area contributed by atoms with Gasteiger partial charge in [-0.1, -0.05) is 34.1 Å². The van der Waals surface area contributed by atoms with Crippen molar-refractivity contribution in [3.8, 4) is 5.75 Å². The molecule has 0 spiro atoms. The van der Waals surface area contributed by atoms with Crippen LogP contribution in [0.4, 0.5) is 0 Å². The van der Waals surface area contributed by atoms with Crippen molar-refractivity contribution in [2.75, 3.05) is 7.11 Å². The first-order valence-corrected chi connectivity index (χ1v) is 7.96. The molecule has 3 rings (SSSR count). The van der Waals surface area contributed by atoms with Gasteiger partial charge >= 0.3 is 0 Å². The molecule has 0 aliphatic rings. The molecule has 1 aromatic heterocycles. The number of para-hydroxylation sites is 1. The lowest BCUT2D eigenvalue weighted by molar-refractivity contribution is -0.121. The van der Waals surface area contributed by atoms with E-state index in [4.69, 9.17) is 4.74 Å². The lowest BCUT2D eigenvalue weighted by Gasteiger charge is -2.10. The molecule has 5 nitrogen and oxygen atoms in total. The van der Waals surface area contributed by atoms with Gasteiger partial charge in [0.15, 0.2) is 0 Å². The van der Waals surface area contributed by atoms with E-state index >= 15 is 0 Å². The van der Waals surface area contributed by atoms with E-state index in [0.29, 0.717) is 6.54 Å². The monoisotopic (exact) mass is 373 g/mol. The van der Waals surface area contributed by atoms with Crippen molar-refractivity contribution in [3.63, 3.8) is 0 Å². The number of ether oxygens (including phenoxy) is 1. The molecule has 1 heterocycles. The van der Waals surface area contributed by atoms with E-state index in [9.17, 15) is 4.79 Å². The highest BCUT2D eigenvalue weighted by Crippen LogP contribution is 2.22. The number of nitrogens with zero attached hydrogens (tertiary/aromatic N) is 2. The van der Waals surface area contributed by atoms with Gasteiger partial charge in [0, 0.05) is 22.0 Å². The average molecular weight is 374 g/mol. The van der Waals surface area contributed by atoms with Gasteiger partial charge in [-0.05, 0) is 24.3 Å². The normalized spacial score (nSPS) is 10.7. The highest BCUT2D eigenvalue weighted by molar-refractivity contribution is 9.10. The van der Waals surface area contributed by atoms with Gasteiger partial charge in [-0.2, -0.15) is 5.10 Å². The largest absolute Gasteiger partial charge is 0.496 e. The number of amides is 1. The van der Waals surface area contributed by atoms with E-state index in [0.717, 1.165) is 26.7 Å². The first kappa shape index (κ1) is 15.6. The second-order valence-electron chi connectivity index (χ2n) is 5.09. The van der Waals surface area contributed by atoms with Gasteiger partial charge in [-0.25, -0.2) is 0 Å². The number of fused-ring (bicyclic) bond motifs is 1. The fourth-order valence-electron chi connectivity index (χ4n) is 2.42. The van der Waals surface area contributed by atoms with E-state index in [2.05, 4.69) is 26.3 Å². The molecular weight excluding hydrogens is 358 g/mol. The Bertz CT molecular complexity index is 845. The summed E-state index contributed by atoms with van der Waals surface area (Å²) in [6.45, 7) is 0.588. The van der Waals surface area contributed by atoms with Crippen molar-refractivity contribution in [1.82, 2.24) is 15.1 Å². The van der Waals surface area contributed by atoms with Crippen LogP contribution < -0.4 is 10.1 Å². The number of benzene rings is 2. The fourth-order valence-corrected chi connectivity index (χ4v) is 2.83. The number of carbonyl (C=O) groups is 1. The zero-order valence-corrected chi connectivity index (χ0v) is 14.2. The average Bonchev–Trinajstić information content (AvgIpc) is 2.96. The first-order valence-electron chi connectivity index (χ1n) is 7.17. The maximum absolute atomic E-state index is 12.2. The number of nitrogens with one attached hydrogen (secondary N) is 1. The smallest absolute Gasteiger partial charge is 0.242 e. The molecule has 0 aliphatic heterocycles. The van der Waals surface area contributed by atoms with E-state index in [1.54, 1.807) is 18.0 Å². The topological polar surface area (TPSA) is 56.1 Å². The van der Waals surface area contributed by atoms with E-state index < -0.39 is 0 Å². The summed E-state index contributed by atoms with van der Waals surface area (Å²) in [4.78, 5) is 12.2. The van der Waals surface area contributed by atoms with Crippen molar-refractivity contribution >= 4 is 32.7 Å². The number of hydrogen-bond donors (Lipinski definition) is 1. The number of hydrogen-bond acceptors (Lipinski definition) is 3. The molecule has 1 amide bonds. The highest BCUT2D eigenvalue weighted by Gasteiger charge is 2.09. The standard InChI is InChI=1S/C17H16BrN3O2/c1-23-16-7-6-14(18)8-13(16)9-19-17(22)11-21-15-5-3-2-4-12(15)10-20-21/h2-8,10H,9,11H2,1H3,(H,19,22). The van der Waals surface area contributed by atoms with Gasteiger partial charge < -0.3 is 10.1 Å². The van der Waals surface area contributed by atoms with Crippen LogP contribution >= 0.6 is 15.9 Å². The fraction of sp³-hybridized carbons (Fsp3) is 0.176. The van der Waals surface area contributed by atoms with Crippen molar-refractivity contribution in [2.24, 2.45) is 0 Å². The number of rotatable bonds is 5. The Morgan fingerprint density at radius 2 is 2.13 bits per heavy atom. The van der Waals surface area contributed by atoms with Crippen LogP contribution in [0.1, 0.15) is 5.56 Å². The Labute approximate surface area is 142 Å². The Hall–Kier alpha value is -2.34. The second kappa shape index (κ2) is 6.83. The molecule has 0 saturated heterocycles. The Kier molecular flexibility index (Phi) is 4.62. The molecule has 0 atom stereocenters. The number of halogens is 1. The summed E-state index contributed by atoms with van der Waals surface area (Å²) in [5.74, 6) is 0.652. The first-order chi connectivity index (χ1) is 11.2. The highest BCUT2D eigenvalue weighted by atomic mass is 79.9. The third-order valence-electron chi connectivity index (χ3n) is 3.56. The SMILES string of the molecule is COc1ccc(Br)cc1CNC(=O)Cn1ncc2ccccc21. The summed E-state index contributed by atoms with van der Waals surface area (Å²) in [5, 5.41) is 8.19. The number of aromatic nitrogens is 2. The van der Waals surface area contributed by atoms with Crippen LogP contribution in [0.25, 0.3) is 10.9 Å². The summed E-state index contributed by atoms with van der Waals surface area (Å²) in [6, 6.07) is 13.5. The van der Waals surface area contributed by atoms with Crippen LogP contribution in [0.15, 0.2) is 53.1 Å². The van der Waals surface area contributed by atoms with E-state index in [1.165, 1.54) is 0 Å². The van der Waals surface area contributed by atoms with Crippen molar-refractivity contribution < 1.29 is 9.53 Å². The quantitative estimate of drug-likeness (QED) is 0.747. The van der Waals surface area contributed by atoms with E-state index in [-0.39, 0.29) is 12.5 Å². The van der Waals surface area contributed by atoms with Gasteiger partial charge in [0.05, 0.1) is 18.8 Å². The molecule has 0 saturated carbocycles. The molecule has 0 fully saturated rings. The van der Waals surface area contributed by atoms with Crippen LogP contribution in [0.5, 0.6) is 5.75 Å². The third-order valence-corrected chi connectivity index (χ3v) is 4.06. The molecular formula is C17H16BrN3O2. The third kappa shape index (κ3) is 3.53. The maximum Gasteiger partial charge on any atom is 0.242 e. The predicted molar refractivity (Wildman–Crippen MR) is 92.3 cm³/mol. The van der Waals surface area contributed by atoms with Crippen LogP contribution in [-0.4, -0.2) is 22.8 Å². The van der Waals surface area contributed by atoms with Crippen molar-refractivity contribution in [2.45, 2.75) is 13.1 Å². The van der Waals surface area contributed by atoms with E-state index in [1.807, 2.05) is 42.5 Å². The predicted octanol–water partition coefficient (Wildman–Crippen LogP) is 3.12. The summed E-state index contributed by atoms with van der Waals surface area (Å²) in [5.41, 5.74) is 1.86. The van der Waals surface area contributed by atoms with Gasteiger partial charge in [0.1, 0.15) is 12.3 Å². The maximum atomic E-state index is 12.2. The molecule has 1 N–H and O–H groups in total. The minimum Gasteiger partial charge on any atom is -0.496 e. The van der Waals surface area contributed by atoms with Crippen molar-refractivity contribution in [3.05, 3.63) is 58.7 Å². The lowest BCUT2D eigenvalue weighted by Crippen LogP contribution is -2.27. The van der Waals surface area contributed by atoms with Crippen molar-refractivity contribution in [1.29, 1.82) is 0 Å². The number of methoxy groups -OCH3 is 1. The lowest BCUT2D eigenvalue weighted by atomic mass is 10.2. The molecule has 118 valence electrons. The van der Waals surface area contributed by atoms with Crippen LogP contribution in [0, 0.1) is 0 Å². The zero-order chi connectivity index (χ0) is 16.2. The molecule has 3 aromatic rings. The van der Waals surface area contributed by atoms with Crippen LogP contribution in [0.3, 0.4) is 0 Å². The Morgan fingerprint density at radius 3 is 2.96 bits per heavy atom. The molecule has 6 heteroatoms. The van der Waals surface area contributed by atoms with Gasteiger partial charge in [-0.3, -0.25) is 9.48 Å².